The van der Waals surface area contributed by atoms with Crippen LogP contribution >= 0.6 is 0 Å². The van der Waals surface area contributed by atoms with Crippen molar-refractivity contribution in [3.63, 3.8) is 0 Å². The van der Waals surface area contributed by atoms with Crippen molar-refractivity contribution in [2.45, 2.75) is 58.9 Å². The van der Waals surface area contributed by atoms with Crippen molar-refractivity contribution in [2.75, 3.05) is 6.61 Å². The Morgan fingerprint density at radius 3 is 2.60 bits per heavy atom. The molecule has 0 saturated heterocycles. The average Bonchev–Trinajstić information content (AvgIpc) is 2.56. The third-order valence-corrected chi connectivity index (χ3v) is 3.86. The number of nitro groups is 1. The first-order valence-corrected chi connectivity index (χ1v) is 8.56. The van der Waals surface area contributed by atoms with E-state index >= 15 is 0 Å². The molecule has 0 aromatic heterocycles. The lowest BCUT2D eigenvalue weighted by Crippen LogP contribution is -2.35. The number of nitrogens with one attached hydrogen (secondary N) is 1. The molecular formula is C18H26N2O5. The number of rotatable bonds is 10. The van der Waals surface area contributed by atoms with Crippen LogP contribution in [0.25, 0.3) is 0 Å². The Balaban J connectivity index is 2.41. The molecule has 0 spiro atoms. The summed E-state index contributed by atoms with van der Waals surface area (Å²) in [4.78, 5) is 34.0. The third-order valence-electron chi connectivity index (χ3n) is 3.86. The van der Waals surface area contributed by atoms with Gasteiger partial charge >= 0.3 is 5.97 Å². The number of carbonyl (C=O) groups excluding carboxylic acids is 2. The molecule has 25 heavy (non-hydrogen) atoms. The Kier molecular flexibility index (Phi) is 8.60. The number of esters is 1. The van der Waals surface area contributed by atoms with E-state index in [4.69, 9.17) is 4.74 Å². The summed E-state index contributed by atoms with van der Waals surface area (Å²) in [6.45, 7) is 5.24. The second-order valence-electron chi connectivity index (χ2n) is 6.15. The van der Waals surface area contributed by atoms with E-state index in [1.165, 1.54) is 31.0 Å². The number of nitro benzene ring substituents is 1. The molecule has 0 radical (unpaired) electrons. The lowest BCUT2D eigenvalue weighted by atomic mass is 10.1. The van der Waals surface area contributed by atoms with Crippen LogP contribution in [0.5, 0.6) is 0 Å². The second kappa shape index (κ2) is 10.4. The normalized spacial score (nSPS) is 11.6. The summed E-state index contributed by atoms with van der Waals surface area (Å²) in [6, 6.07) is 3.99. The number of amides is 1. The van der Waals surface area contributed by atoms with E-state index in [1.54, 1.807) is 6.92 Å². The Bertz CT molecular complexity index is 615. The van der Waals surface area contributed by atoms with Crippen LogP contribution < -0.4 is 5.32 Å². The van der Waals surface area contributed by atoms with E-state index in [1.807, 2.05) is 6.92 Å². The van der Waals surface area contributed by atoms with Crippen molar-refractivity contribution < 1.29 is 19.2 Å². The zero-order valence-electron chi connectivity index (χ0n) is 15.0. The van der Waals surface area contributed by atoms with Crippen LogP contribution in [-0.4, -0.2) is 29.4 Å². The van der Waals surface area contributed by atoms with Gasteiger partial charge in [0.25, 0.3) is 11.6 Å². The number of hydrogen-bond donors (Lipinski definition) is 1. The van der Waals surface area contributed by atoms with Crippen LogP contribution in [0.15, 0.2) is 18.2 Å². The molecule has 1 N–H and O–H groups in total. The number of ether oxygens (including phenoxy) is 1. The number of aryl methyl sites for hydroxylation is 1. The Morgan fingerprint density at radius 2 is 2.00 bits per heavy atom. The third kappa shape index (κ3) is 7.32. The van der Waals surface area contributed by atoms with Crippen LogP contribution in [0.4, 0.5) is 5.69 Å². The van der Waals surface area contributed by atoms with Crippen LogP contribution in [0, 0.1) is 17.0 Å². The summed E-state index contributed by atoms with van der Waals surface area (Å²) < 4.78 is 4.97. The van der Waals surface area contributed by atoms with Gasteiger partial charge in [0.1, 0.15) is 0 Å². The van der Waals surface area contributed by atoms with Crippen LogP contribution in [0.2, 0.25) is 0 Å². The summed E-state index contributed by atoms with van der Waals surface area (Å²) in [6.07, 6.45) is 5.44. The zero-order valence-corrected chi connectivity index (χ0v) is 15.0. The molecule has 1 atom stereocenters. The van der Waals surface area contributed by atoms with Crippen molar-refractivity contribution in [1.82, 2.24) is 5.32 Å². The van der Waals surface area contributed by atoms with Gasteiger partial charge in [-0.2, -0.15) is 0 Å². The van der Waals surface area contributed by atoms with Gasteiger partial charge in [-0.25, -0.2) is 4.79 Å². The molecule has 1 aromatic carbocycles. The highest BCUT2D eigenvalue weighted by atomic mass is 16.6. The predicted octanol–water partition coefficient (Wildman–Crippen LogP) is 3.54. The maximum Gasteiger partial charge on any atom is 0.338 e. The van der Waals surface area contributed by atoms with E-state index in [0.717, 1.165) is 19.3 Å². The van der Waals surface area contributed by atoms with E-state index < -0.39 is 10.9 Å². The van der Waals surface area contributed by atoms with Gasteiger partial charge in [-0.05, 0) is 32.4 Å². The minimum absolute atomic E-state index is 0.0321. The molecule has 1 amide bonds. The van der Waals surface area contributed by atoms with Crippen molar-refractivity contribution in [3.8, 4) is 0 Å². The maximum absolute atomic E-state index is 11.9. The number of benzene rings is 1. The Hall–Kier alpha value is -2.44. The van der Waals surface area contributed by atoms with Crippen molar-refractivity contribution >= 4 is 17.6 Å². The number of nitrogens with zero attached hydrogens (tertiary/aromatic N) is 1. The van der Waals surface area contributed by atoms with Crippen molar-refractivity contribution in [3.05, 3.63) is 39.4 Å². The van der Waals surface area contributed by atoms with Crippen LogP contribution in [0.1, 0.15) is 61.9 Å². The highest BCUT2D eigenvalue weighted by molar-refractivity contribution is 5.91. The van der Waals surface area contributed by atoms with E-state index in [2.05, 4.69) is 12.2 Å². The quantitative estimate of drug-likeness (QED) is 0.301. The standard InChI is InChI=1S/C18H26N2O5/c1-4-5-6-7-8-14(3)19-17(21)12-25-18(22)15-9-10-16(20(23)24)13(2)11-15/h9-11,14H,4-8,12H2,1-3H3,(H,19,21)/t14-/m1/s1. The number of unbranched alkanes of at least 4 members (excludes halogenated alkanes) is 3. The fourth-order valence-corrected chi connectivity index (χ4v) is 2.47. The van der Waals surface area contributed by atoms with Crippen LogP contribution in [0.3, 0.4) is 0 Å². The summed E-state index contributed by atoms with van der Waals surface area (Å²) >= 11 is 0. The SMILES string of the molecule is CCCCCC[C@@H](C)NC(=O)COC(=O)c1ccc([N+](=O)[O-])c(C)c1. The molecule has 0 aliphatic rings. The monoisotopic (exact) mass is 350 g/mol. The average molecular weight is 350 g/mol. The first-order valence-electron chi connectivity index (χ1n) is 8.56. The summed E-state index contributed by atoms with van der Waals surface area (Å²) in [5.41, 5.74) is 0.485. The molecule has 7 nitrogen and oxygen atoms in total. The molecule has 1 aromatic rings. The van der Waals surface area contributed by atoms with Crippen LogP contribution in [-0.2, 0) is 9.53 Å². The fraction of sp³-hybridized carbons (Fsp3) is 0.556. The van der Waals surface area contributed by atoms with Gasteiger partial charge in [0.2, 0.25) is 0 Å². The van der Waals surface area contributed by atoms with Gasteiger partial charge < -0.3 is 10.1 Å². The molecule has 0 aliphatic carbocycles. The molecular weight excluding hydrogens is 324 g/mol. The molecule has 0 aliphatic heterocycles. The number of carbonyl (C=O) groups is 2. The molecule has 138 valence electrons. The zero-order chi connectivity index (χ0) is 18.8. The molecule has 0 unspecified atom stereocenters. The topological polar surface area (TPSA) is 98.5 Å². The van der Waals surface area contributed by atoms with E-state index in [9.17, 15) is 19.7 Å². The molecule has 7 heteroatoms. The Morgan fingerprint density at radius 1 is 1.28 bits per heavy atom. The molecule has 0 fully saturated rings. The predicted molar refractivity (Wildman–Crippen MR) is 94.5 cm³/mol. The van der Waals surface area contributed by atoms with Gasteiger partial charge in [-0.1, -0.05) is 32.6 Å². The van der Waals surface area contributed by atoms with Gasteiger partial charge in [0.05, 0.1) is 10.5 Å². The van der Waals surface area contributed by atoms with E-state index in [-0.39, 0.29) is 29.8 Å². The van der Waals surface area contributed by atoms with Gasteiger partial charge in [0.15, 0.2) is 6.61 Å². The molecule has 0 heterocycles. The van der Waals surface area contributed by atoms with E-state index in [0.29, 0.717) is 5.56 Å². The van der Waals surface area contributed by atoms with Gasteiger partial charge in [-0.3, -0.25) is 14.9 Å². The summed E-state index contributed by atoms with van der Waals surface area (Å²) in [7, 11) is 0. The Labute approximate surface area is 147 Å². The first kappa shape index (κ1) is 20.6. The molecule has 0 bridgehead atoms. The second-order valence-corrected chi connectivity index (χ2v) is 6.15. The molecule has 0 saturated carbocycles. The lowest BCUT2D eigenvalue weighted by molar-refractivity contribution is -0.385. The first-order chi connectivity index (χ1) is 11.8. The highest BCUT2D eigenvalue weighted by Gasteiger charge is 2.16. The number of hydrogen-bond acceptors (Lipinski definition) is 5. The largest absolute Gasteiger partial charge is 0.452 e. The van der Waals surface area contributed by atoms with Gasteiger partial charge in [0, 0.05) is 17.7 Å². The minimum Gasteiger partial charge on any atom is -0.452 e. The van der Waals surface area contributed by atoms with Crippen molar-refractivity contribution in [1.29, 1.82) is 0 Å². The maximum atomic E-state index is 11.9. The lowest BCUT2D eigenvalue weighted by Gasteiger charge is -2.13. The minimum atomic E-state index is -0.677. The molecule has 1 rings (SSSR count). The van der Waals surface area contributed by atoms with Gasteiger partial charge in [-0.15, -0.1) is 0 Å². The smallest absolute Gasteiger partial charge is 0.338 e. The highest BCUT2D eigenvalue weighted by Crippen LogP contribution is 2.19. The summed E-state index contributed by atoms with van der Waals surface area (Å²) in [5, 5.41) is 13.6. The fourth-order valence-electron chi connectivity index (χ4n) is 2.47. The van der Waals surface area contributed by atoms with Crippen molar-refractivity contribution in [2.24, 2.45) is 0 Å². The summed E-state index contributed by atoms with van der Waals surface area (Å²) in [5.74, 6) is -1.03.